The van der Waals surface area contributed by atoms with Gasteiger partial charge in [0.05, 0.1) is 12.1 Å². The molecule has 1 heterocycles. The summed E-state index contributed by atoms with van der Waals surface area (Å²) in [4.78, 5) is 0. The molecule has 1 aromatic rings. The highest BCUT2D eigenvalue weighted by atomic mass is 16.3. The van der Waals surface area contributed by atoms with E-state index in [4.69, 9.17) is 0 Å². The molecule has 1 aliphatic rings. The monoisotopic (exact) mass is 219 g/mol. The first kappa shape index (κ1) is 11.5. The molecule has 0 amide bonds. The van der Waals surface area contributed by atoms with Crippen molar-refractivity contribution < 1.29 is 5.11 Å². The van der Waals surface area contributed by atoms with E-state index in [9.17, 15) is 5.11 Å². The van der Waals surface area contributed by atoms with Gasteiger partial charge in [0.25, 0.3) is 0 Å². The quantitative estimate of drug-likeness (QED) is 0.819. The van der Waals surface area contributed by atoms with Gasteiger partial charge in [-0.2, -0.15) is 0 Å². The van der Waals surface area contributed by atoms with Crippen LogP contribution in [0, 0.1) is 5.92 Å². The number of aliphatic hydroxyl groups excluding tert-OH is 1. The third kappa shape index (κ3) is 2.22. The second-order valence-corrected chi connectivity index (χ2v) is 4.82. The topological polar surface area (TPSA) is 32.3 Å². The largest absolute Gasteiger partial charge is 0.391 e. The van der Waals surface area contributed by atoms with Crippen LogP contribution in [0.5, 0.6) is 0 Å². The van der Waals surface area contributed by atoms with Crippen molar-refractivity contribution in [3.8, 4) is 0 Å². The summed E-state index contributed by atoms with van der Waals surface area (Å²) in [5.74, 6) is 0.364. The average Bonchev–Trinajstić information content (AvgIpc) is 2.36. The van der Waals surface area contributed by atoms with Crippen molar-refractivity contribution in [2.24, 2.45) is 5.92 Å². The number of benzene rings is 1. The molecule has 0 fully saturated rings. The first-order valence-corrected chi connectivity index (χ1v) is 6.25. The standard InChI is InChI=1S/C14H21NO/c1-3-10(2)14(16)13-9-8-11-6-4-5-7-12(11)15-13/h4-7,10,13-16H,3,8-9H2,1-2H3. The van der Waals surface area contributed by atoms with Gasteiger partial charge in [-0.05, 0) is 30.4 Å². The minimum Gasteiger partial charge on any atom is -0.391 e. The Hall–Kier alpha value is -1.02. The molecule has 1 aromatic carbocycles. The van der Waals surface area contributed by atoms with Crippen molar-refractivity contribution in [2.75, 3.05) is 5.32 Å². The molecule has 2 N–H and O–H groups in total. The molecule has 2 nitrogen and oxygen atoms in total. The Bertz CT molecular complexity index is 350. The lowest BCUT2D eigenvalue weighted by Crippen LogP contribution is -2.40. The van der Waals surface area contributed by atoms with E-state index < -0.39 is 0 Å². The van der Waals surface area contributed by atoms with E-state index in [1.165, 1.54) is 11.3 Å². The zero-order chi connectivity index (χ0) is 11.5. The summed E-state index contributed by atoms with van der Waals surface area (Å²) < 4.78 is 0. The van der Waals surface area contributed by atoms with E-state index in [0.29, 0.717) is 5.92 Å². The van der Waals surface area contributed by atoms with Gasteiger partial charge in [-0.25, -0.2) is 0 Å². The molecule has 88 valence electrons. The normalized spacial score (nSPS) is 23.1. The maximum absolute atomic E-state index is 10.2. The molecule has 2 rings (SSSR count). The fourth-order valence-corrected chi connectivity index (χ4v) is 2.36. The fraction of sp³-hybridized carbons (Fsp3) is 0.571. The Kier molecular flexibility index (Phi) is 3.49. The number of anilines is 1. The Balaban J connectivity index is 2.08. The van der Waals surface area contributed by atoms with E-state index in [-0.39, 0.29) is 12.1 Å². The molecule has 0 saturated carbocycles. The van der Waals surface area contributed by atoms with Crippen LogP contribution in [0.25, 0.3) is 0 Å². The van der Waals surface area contributed by atoms with Crippen LogP contribution < -0.4 is 5.32 Å². The summed E-state index contributed by atoms with van der Waals surface area (Å²) in [5.41, 5.74) is 2.57. The average molecular weight is 219 g/mol. The second kappa shape index (κ2) is 4.88. The van der Waals surface area contributed by atoms with E-state index >= 15 is 0 Å². The number of rotatable bonds is 3. The smallest absolute Gasteiger partial charge is 0.0766 e. The Labute approximate surface area is 97.7 Å². The lowest BCUT2D eigenvalue weighted by atomic mass is 9.88. The van der Waals surface area contributed by atoms with Crippen LogP contribution in [-0.4, -0.2) is 17.3 Å². The molecule has 0 bridgehead atoms. The van der Waals surface area contributed by atoms with Crippen LogP contribution in [0.4, 0.5) is 5.69 Å². The maximum atomic E-state index is 10.2. The molecule has 0 spiro atoms. The minimum absolute atomic E-state index is 0.213. The molecule has 16 heavy (non-hydrogen) atoms. The van der Waals surface area contributed by atoms with E-state index in [0.717, 1.165) is 19.3 Å². The van der Waals surface area contributed by atoms with Gasteiger partial charge in [-0.3, -0.25) is 0 Å². The van der Waals surface area contributed by atoms with E-state index in [1.807, 2.05) is 6.07 Å². The summed E-state index contributed by atoms with van der Waals surface area (Å²) in [7, 11) is 0. The third-order valence-electron chi connectivity index (χ3n) is 3.72. The number of aryl methyl sites for hydroxylation is 1. The van der Waals surface area contributed by atoms with Crippen LogP contribution in [0.15, 0.2) is 24.3 Å². The number of hydrogen-bond donors (Lipinski definition) is 2. The highest BCUT2D eigenvalue weighted by Gasteiger charge is 2.26. The van der Waals surface area contributed by atoms with Crippen molar-refractivity contribution in [3.63, 3.8) is 0 Å². The Morgan fingerprint density at radius 3 is 2.94 bits per heavy atom. The molecule has 3 unspecified atom stereocenters. The second-order valence-electron chi connectivity index (χ2n) is 4.82. The SMILES string of the molecule is CCC(C)C(O)C1CCc2ccccc2N1. The molecule has 2 heteroatoms. The third-order valence-corrected chi connectivity index (χ3v) is 3.72. The number of nitrogens with one attached hydrogen (secondary N) is 1. The molecule has 3 atom stereocenters. The van der Waals surface area contributed by atoms with Crippen molar-refractivity contribution in [2.45, 2.75) is 45.3 Å². The zero-order valence-electron chi connectivity index (χ0n) is 10.1. The first-order chi connectivity index (χ1) is 7.72. The van der Waals surface area contributed by atoms with Gasteiger partial charge in [0.15, 0.2) is 0 Å². The maximum Gasteiger partial charge on any atom is 0.0766 e. The van der Waals surface area contributed by atoms with Crippen molar-refractivity contribution in [1.29, 1.82) is 0 Å². The highest BCUT2D eigenvalue weighted by molar-refractivity contribution is 5.53. The number of fused-ring (bicyclic) bond motifs is 1. The van der Waals surface area contributed by atoms with Crippen LogP contribution in [-0.2, 0) is 6.42 Å². The van der Waals surface area contributed by atoms with Crippen molar-refractivity contribution >= 4 is 5.69 Å². The fourth-order valence-electron chi connectivity index (χ4n) is 2.36. The highest BCUT2D eigenvalue weighted by Crippen LogP contribution is 2.27. The predicted octanol–water partition coefficient (Wildman–Crippen LogP) is 2.82. The van der Waals surface area contributed by atoms with Gasteiger partial charge in [0.2, 0.25) is 0 Å². The van der Waals surface area contributed by atoms with Crippen LogP contribution in [0.3, 0.4) is 0 Å². The lowest BCUT2D eigenvalue weighted by Gasteiger charge is -2.33. The van der Waals surface area contributed by atoms with Crippen molar-refractivity contribution in [3.05, 3.63) is 29.8 Å². The molecule has 0 aliphatic carbocycles. The molecular formula is C14H21NO. The van der Waals surface area contributed by atoms with E-state index in [2.05, 4.69) is 37.4 Å². The van der Waals surface area contributed by atoms with Gasteiger partial charge in [0.1, 0.15) is 0 Å². The lowest BCUT2D eigenvalue weighted by molar-refractivity contribution is 0.0907. The van der Waals surface area contributed by atoms with Crippen molar-refractivity contribution in [1.82, 2.24) is 0 Å². The molecule has 0 saturated heterocycles. The minimum atomic E-state index is -0.238. The van der Waals surface area contributed by atoms with Crippen LogP contribution in [0.2, 0.25) is 0 Å². The molecule has 0 radical (unpaired) electrons. The number of para-hydroxylation sites is 1. The van der Waals surface area contributed by atoms with Gasteiger partial charge < -0.3 is 10.4 Å². The van der Waals surface area contributed by atoms with Gasteiger partial charge in [-0.15, -0.1) is 0 Å². The molecule has 0 aromatic heterocycles. The summed E-state index contributed by atoms with van der Waals surface area (Å²) in [6.07, 6.45) is 2.89. The zero-order valence-corrected chi connectivity index (χ0v) is 10.1. The molecule has 1 aliphatic heterocycles. The summed E-state index contributed by atoms with van der Waals surface area (Å²) in [6, 6.07) is 8.60. The number of hydrogen-bond acceptors (Lipinski definition) is 2. The first-order valence-electron chi connectivity index (χ1n) is 6.25. The number of aliphatic hydroxyl groups is 1. The summed E-state index contributed by atoms with van der Waals surface area (Å²) in [5, 5.41) is 13.7. The predicted molar refractivity (Wildman–Crippen MR) is 67.6 cm³/mol. The van der Waals surface area contributed by atoms with Gasteiger partial charge >= 0.3 is 0 Å². The summed E-state index contributed by atoms with van der Waals surface area (Å²) >= 11 is 0. The molecular weight excluding hydrogens is 198 g/mol. The Morgan fingerprint density at radius 1 is 1.44 bits per heavy atom. The van der Waals surface area contributed by atoms with Gasteiger partial charge in [0, 0.05) is 5.69 Å². The van der Waals surface area contributed by atoms with E-state index in [1.54, 1.807) is 0 Å². The van der Waals surface area contributed by atoms with Gasteiger partial charge in [-0.1, -0.05) is 38.5 Å². The van der Waals surface area contributed by atoms with Crippen LogP contribution >= 0.6 is 0 Å². The van der Waals surface area contributed by atoms with Crippen LogP contribution in [0.1, 0.15) is 32.3 Å². The Morgan fingerprint density at radius 2 is 2.19 bits per heavy atom. The summed E-state index contributed by atoms with van der Waals surface area (Å²) in [6.45, 7) is 4.25.